The standard InChI is InChI=1S/C26H31N3O4S/c1-26(2)22-15-21(10-11-23(22)27(3)25(26)31)34(32,33)29-13-6-9-20(17-29)24(30)28-14-12-18-7-4-5-8-19(18)16-28/h4-5,7-8,10-11,15,20H,6,9,12-14,16-17H2,1-3H3. The number of hydrogen-bond donors (Lipinski definition) is 0. The van der Waals surface area contributed by atoms with Crippen molar-refractivity contribution in [3.05, 3.63) is 59.2 Å². The van der Waals surface area contributed by atoms with Gasteiger partial charge in [0.15, 0.2) is 0 Å². The summed E-state index contributed by atoms with van der Waals surface area (Å²) >= 11 is 0. The summed E-state index contributed by atoms with van der Waals surface area (Å²) < 4.78 is 28.6. The molecule has 0 saturated carbocycles. The summed E-state index contributed by atoms with van der Waals surface area (Å²) in [6.07, 6.45) is 2.17. The summed E-state index contributed by atoms with van der Waals surface area (Å²) in [4.78, 5) is 29.6. The van der Waals surface area contributed by atoms with Crippen LogP contribution in [0.25, 0.3) is 0 Å². The van der Waals surface area contributed by atoms with Crippen LogP contribution in [0.15, 0.2) is 47.4 Å². The second kappa shape index (κ2) is 8.20. The van der Waals surface area contributed by atoms with Crippen LogP contribution in [-0.2, 0) is 38.0 Å². The van der Waals surface area contributed by atoms with Crippen molar-refractivity contribution in [3.8, 4) is 0 Å². The second-order valence-electron chi connectivity index (χ2n) is 10.1. The lowest BCUT2D eigenvalue weighted by Crippen LogP contribution is -2.47. The first-order valence-corrected chi connectivity index (χ1v) is 13.3. The topological polar surface area (TPSA) is 78.0 Å². The Labute approximate surface area is 201 Å². The van der Waals surface area contributed by atoms with Gasteiger partial charge < -0.3 is 9.80 Å². The highest BCUT2D eigenvalue weighted by atomic mass is 32.2. The third kappa shape index (κ3) is 3.64. The maximum Gasteiger partial charge on any atom is 0.243 e. The Morgan fingerprint density at radius 3 is 2.56 bits per heavy atom. The molecule has 8 heteroatoms. The van der Waals surface area contributed by atoms with Crippen molar-refractivity contribution in [1.29, 1.82) is 0 Å². The predicted molar refractivity (Wildman–Crippen MR) is 130 cm³/mol. The molecule has 1 saturated heterocycles. The average Bonchev–Trinajstić information content (AvgIpc) is 3.03. The Kier molecular flexibility index (Phi) is 5.56. The maximum absolute atomic E-state index is 13.6. The average molecular weight is 482 g/mol. The number of carbonyl (C=O) groups excluding carboxylic acids is 2. The van der Waals surface area contributed by atoms with E-state index in [0.29, 0.717) is 32.5 Å². The van der Waals surface area contributed by atoms with E-state index in [9.17, 15) is 18.0 Å². The molecule has 1 unspecified atom stereocenters. The number of benzene rings is 2. The maximum atomic E-state index is 13.6. The van der Waals surface area contributed by atoms with Crippen molar-refractivity contribution in [3.63, 3.8) is 0 Å². The summed E-state index contributed by atoms with van der Waals surface area (Å²) in [6, 6.07) is 13.1. The van der Waals surface area contributed by atoms with Gasteiger partial charge in [-0.2, -0.15) is 4.31 Å². The number of carbonyl (C=O) groups is 2. The van der Waals surface area contributed by atoms with Gasteiger partial charge in [-0.15, -0.1) is 0 Å². The molecule has 2 aromatic rings. The zero-order valence-electron chi connectivity index (χ0n) is 20.0. The van der Waals surface area contributed by atoms with E-state index in [-0.39, 0.29) is 29.2 Å². The predicted octanol–water partition coefficient (Wildman–Crippen LogP) is 2.93. The van der Waals surface area contributed by atoms with Crippen molar-refractivity contribution in [2.75, 3.05) is 31.6 Å². The summed E-state index contributed by atoms with van der Waals surface area (Å²) in [7, 11) is -2.07. The van der Waals surface area contributed by atoms with E-state index in [1.807, 2.05) is 30.9 Å². The molecule has 0 aromatic heterocycles. The fourth-order valence-corrected chi connectivity index (χ4v) is 7.12. The van der Waals surface area contributed by atoms with Gasteiger partial charge in [0.1, 0.15) is 0 Å². The lowest BCUT2D eigenvalue weighted by Gasteiger charge is -2.36. The van der Waals surface area contributed by atoms with E-state index in [4.69, 9.17) is 0 Å². The summed E-state index contributed by atoms with van der Waals surface area (Å²) in [6.45, 7) is 5.48. The highest BCUT2D eigenvalue weighted by Crippen LogP contribution is 2.42. The molecule has 0 N–H and O–H groups in total. The molecule has 0 spiro atoms. The molecule has 3 heterocycles. The molecule has 180 valence electrons. The first-order valence-electron chi connectivity index (χ1n) is 11.9. The molecule has 1 fully saturated rings. The van der Waals surface area contributed by atoms with Gasteiger partial charge in [-0.25, -0.2) is 8.42 Å². The third-order valence-corrected chi connectivity index (χ3v) is 9.52. The number of piperidine rings is 1. The van der Waals surface area contributed by atoms with Crippen molar-refractivity contribution in [2.45, 2.75) is 50.0 Å². The highest BCUT2D eigenvalue weighted by Gasteiger charge is 2.43. The number of hydrogen-bond acceptors (Lipinski definition) is 4. The van der Waals surface area contributed by atoms with Crippen LogP contribution in [0.5, 0.6) is 0 Å². The fraction of sp³-hybridized carbons (Fsp3) is 0.462. The monoisotopic (exact) mass is 481 g/mol. The van der Waals surface area contributed by atoms with Crippen LogP contribution in [0.4, 0.5) is 5.69 Å². The molecule has 34 heavy (non-hydrogen) atoms. The summed E-state index contributed by atoms with van der Waals surface area (Å²) in [5, 5.41) is 0. The van der Waals surface area contributed by atoms with Crippen molar-refractivity contribution in [1.82, 2.24) is 9.21 Å². The first kappa shape index (κ1) is 23.1. The quantitative estimate of drug-likeness (QED) is 0.675. The lowest BCUT2D eigenvalue weighted by atomic mass is 9.86. The number of amides is 2. The molecule has 0 radical (unpaired) electrons. The molecule has 1 atom stereocenters. The molecule has 5 rings (SSSR count). The van der Waals surface area contributed by atoms with E-state index in [0.717, 1.165) is 17.7 Å². The van der Waals surface area contributed by atoms with Gasteiger partial charge >= 0.3 is 0 Å². The van der Waals surface area contributed by atoms with Crippen LogP contribution in [0.1, 0.15) is 43.4 Å². The van der Waals surface area contributed by atoms with Gasteiger partial charge in [-0.3, -0.25) is 9.59 Å². The normalized spacial score (nSPS) is 22.4. The van der Waals surface area contributed by atoms with E-state index >= 15 is 0 Å². The summed E-state index contributed by atoms with van der Waals surface area (Å²) in [5.41, 5.74) is 3.13. The number of sulfonamides is 1. The SMILES string of the molecule is CN1C(=O)C(C)(C)c2cc(S(=O)(=O)N3CCCC(C(=O)N4CCc5ccccc5C4)C3)ccc21. The molecule has 2 aromatic carbocycles. The Balaban J connectivity index is 1.36. The molecule has 0 aliphatic carbocycles. The minimum absolute atomic E-state index is 0.0386. The van der Waals surface area contributed by atoms with E-state index in [1.54, 1.807) is 30.1 Å². The zero-order chi connectivity index (χ0) is 24.3. The number of likely N-dealkylation sites (N-methyl/N-ethyl adjacent to an activating group) is 1. The third-order valence-electron chi connectivity index (χ3n) is 7.66. The van der Waals surface area contributed by atoms with Crippen molar-refractivity contribution in [2.24, 2.45) is 5.92 Å². The largest absolute Gasteiger partial charge is 0.338 e. The second-order valence-corrected chi connectivity index (χ2v) is 12.1. The van der Waals surface area contributed by atoms with Crippen LogP contribution in [-0.4, -0.2) is 56.1 Å². The highest BCUT2D eigenvalue weighted by molar-refractivity contribution is 7.89. The molecular weight excluding hydrogens is 450 g/mol. The Hall–Kier alpha value is -2.71. The minimum atomic E-state index is -3.78. The zero-order valence-corrected chi connectivity index (χ0v) is 20.8. The van der Waals surface area contributed by atoms with Gasteiger partial charge in [-0.1, -0.05) is 24.3 Å². The molecule has 3 aliphatic rings. The van der Waals surface area contributed by atoms with Crippen LogP contribution in [0.2, 0.25) is 0 Å². The molecular formula is C26H31N3O4S. The number of anilines is 1. The molecule has 3 aliphatic heterocycles. The fourth-order valence-electron chi connectivity index (χ4n) is 5.57. The van der Waals surface area contributed by atoms with Gasteiger partial charge in [0.2, 0.25) is 21.8 Å². The number of rotatable bonds is 3. The van der Waals surface area contributed by atoms with Crippen molar-refractivity contribution < 1.29 is 18.0 Å². The minimum Gasteiger partial charge on any atom is -0.338 e. The molecule has 2 amide bonds. The van der Waals surface area contributed by atoms with Crippen molar-refractivity contribution >= 4 is 27.5 Å². The van der Waals surface area contributed by atoms with Gasteiger partial charge in [0.05, 0.1) is 16.2 Å². The van der Waals surface area contributed by atoms with E-state index in [2.05, 4.69) is 12.1 Å². The Morgan fingerprint density at radius 2 is 1.79 bits per heavy atom. The van der Waals surface area contributed by atoms with Crippen LogP contribution in [0.3, 0.4) is 0 Å². The Morgan fingerprint density at radius 1 is 1.06 bits per heavy atom. The smallest absolute Gasteiger partial charge is 0.243 e. The molecule has 0 bridgehead atoms. The van der Waals surface area contributed by atoms with Gasteiger partial charge in [0.25, 0.3) is 0 Å². The van der Waals surface area contributed by atoms with Gasteiger partial charge in [0, 0.05) is 38.9 Å². The lowest BCUT2D eigenvalue weighted by molar-refractivity contribution is -0.137. The van der Waals surface area contributed by atoms with Crippen LogP contribution in [0, 0.1) is 5.92 Å². The first-order chi connectivity index (χ1) is 16.1. The van der Waals surface area contributed by atoms with E-state index < -0.39 is 15.4 Å². The number of nitrogens with zero attached hydrogens (tertiary/aromatic N) is 3. The van der Waals surface area contributed by atoms with Crippen LogP contribution < -0.4 is 4.90 Å². The van der Waals surface area contributed by atoms with E-state index in [1.165, 1.54) is 15.4 Å². The molecule has 7 nitrogen and oxygen atoms in total. The summed E-state index contributed by atoms with van der Waals surface area (Å²) in [5.74, 6) is -0.354. The van der Waals surface area contributed by atoms with Crippen LogP contribution >= 0.6 is 0 Å². The van der Waals surface area contributed by atoms with Gasteiger partial charge in [-0.05, 0) is 68.0 Å². The Bertz CT molecular complexity index is 1270. The number of fused-ring (bicyclic) bond motifs is 2.